The van der Waals surface area contributed by atoms with E-state index in [1.807, 2.05) is 0 Å². The maximum Gasteiger partial charge on any atom is 0.179 e. The highest BCUT2D eigenvalue weighted by Crippen LogP contribution is 2.26. The Morgan fingerprint density at radius 1 is 1.42 bits per heavy atom. The third-order valence-corrected chi connectivity index (χ3v) is 3.14. The van der Waals surface area contributed by atoms with Crippen LogP contribution in [0.4, 0.5) is 0 Å². The van der Waals surface area contributed by atoms with Gasteiger partial charge >= 0.3 is 0 Å². The number of halogens is 1. The highest BCUT2D eigenvalue weighted by Gasteiger charge is 2.19. The summed E-state index contributed by atoms with van der Waals surface area (Å²) in [6.07, 6.45) is 2.12. The zero-order valence-electron chi connectivity index (χ0n) is 6.49. The molecule has 0 bridgehead atoms. The Morgan fingerprint density at radius 2 is 2.17 bits per heavy atom. The normalized spacial score (nSPS) is 19.8. The lowest BCUT2D eigenvalue weighted by atomic mass is 10.00. The molecule has 1 aromatic heterocycles. The van der Waals surface area contributed by atoms with Crippen molar-refractivity contribution in [2.75, 3.05) is 13.2 Å². The van der Waals surface area contributed by atoms with E-state index in [9.17, 15) is 0 Å². The third-order valence-electron chi connectivity index (χ3n) is 2.00. The van der Waals surface area contributed by atoms with Gasteiger partial charge in [-0.05, 0) is 40.3 Å². The molecular formula is C7H9BrN2OS. The molecule has 0 aromatic carbocycles. The Hall–Kier alpha value is -0.0000000000000000555. The Kier molecular flexibility index (Phi) is 2.73. The Labute approximate surface area is 83.5 Å². The van der Waals surface area contributed by atoms with Gasteiger partial charge in [-0.2, -0.15) is 4.37 Å². The predicted octanol–water partition coefficient (Wildman–Crippen LogP) is 2.19. The average molecular weight is 249 g/mol. The molecule has 0 atom stereocenters. The van der Waals surface area contributed by atoms with Crippen molar-refractivity contribution < 1.29 is 4.74 Å². The zero-order chi connectivity index (χ0) is 8.39. The van der Waals surface area contributed by atoms with Crippen LogP contribution in [-0.2, 0) is 4.74 Å². The van der Waals surface area contributed by atoms with Gasteiger partial charge in [0.1, 0.15) is 5.82 Å². The molecule has 1 saturated heterocycles. The van der Waals surface area contributed by atoms with Gasteiger partial charge in [0.25, 0.3) is 0 Å². The standard InChI is InChI=1S/C7H9BrN2OS/c8-7-9-6(10-12-7)5-1-3-11-4-2-5/h5H,1-4H2. The van der Waals surface area contributed by atoms with E-state index < -0.39 is 0 Å². The van der Waals surface area contributed by atoms with Crippen molar-refractivity contribution in [2.24, 2.45) is 0 Å². The van der Waals surface area contributed by atoms with Crippen LogP contribution in [0, 0.1) is 0 Å². The van der Waals surface area contributed by atoms with Gasteiger partial charge in [0.05, 0.1) is 0 Å². The molecule has 0 N–H and O–H groups in total. The van der Waals surface area contributed by atoms with E-state index in [1.54, 1.807) is 0 Å². The van der Waals surface area contributed by atoms with Gasteiger partial charge < -0.3 is 4.74 Å². The molecule has 3 nitrogen and oxygen atoms in total. The third kappa shape index (κ3) is 1.84. The van der Waals surface area contributed by atoms with Crippen molar-refractivity contribution in [2.45, 2.75) is 18.8 Å². The van der Waals surface area contributed by atoms with E-state index in [0.29, 0.717) is 5.92 Å². The molecule has 2 heterocycles. The van der Waals surface area contributed by atoms with Crippen LogP contribution in [0.2, 0.25) is 0 Å². The molecule has 1 aromatic rings. The molecule has 1 aliphatic heterocycles. The van der Waals surface area contributed by atoms with Gasteiger partial charge in [0.2, 0.25) is 0 Å². The predicted molar refractivity (Wildman–Crippen MR) is 50.4 cm³/mol. The second-order valence-corrected chi connectivity index (χ2v) is 4.82. The lowest BCUT2D eigenvalue weighted by molar-refractivity contribution is 0.0838. The summed E-state index contributed by atoms with van der Waals surface area (Å²) in [5, 5.41) is 0. The lowest BCUT2D eigenvalue weighted by Crippen LogP contribution is -2.14. The fraction of sp³-hybridized carbons (Fsp3) is 0.714. The van der Waals surface area contributed by atoms with E-state index in [4.69, 9.17) is 4.74 Å². The summed E-state index contributed by atoms with van der Waals surface area (Å²) in [4.78, 5) is 4.30. The molecule has 66 valence electrons. The highest BCUT2D eigenvalue weighted by molar-refractivity contribution is 9.11. The van der Waals surface area contributed by atoms with Crippen molar-refractivity contribution in [1.82, 2.24) is 9.36 Å². The number of rotatable bonds is 1. The Balaban J connectivity index is 2.08. The first-order chi connectivity index (χ1) is 5.86. The second kappa shape index (κ2) is 3.81. The average Bonchev–Trinajstić information content (AvgIpc) is 2.54. The number of aromatic nitrogens is 2. The highest BCUT2D eigenvalue weighted by atomic mass is 79.9. The van der Waals surface area contributed by atoms with Crippen LogP contribution >= 0.6 is 27.5 Å². The molecule has 0 aliphatic carbocycles. The molecule has 0 amide bonds. The maximum atomic E-state index is 5.26. The minimum atomic E-state index is 0.515. The van der Waals surface area contributed by atoms with Crippen LogP contribution in [0.5, 0.6) is 0 Å². The molecule has 2 rings (SSSR count). The lowest BCUT2D eigenvalue weighted by Gasteiger charge is -2.18. The van der Waals surface area contributed by atoms with Crippen LogP contribution in [-0.4, -0.2) is 22.6 Å². The van der Waals surface area contributed by atoms with Crippen LogP contribution in [0.25, 0.3) is 0 Å². The SMILES string of the molecule is Brc1nc(C2CCOCC2)ns1. The van der Waals surface area contributed by atoms with Crippen LogP contribution < -0.4 is 0 Å². The first-order valence-corrected chi connectivity index (χ1v) is 5.50. The summed E-state index contributed by atoms with van der Waals surface area (Å²) >= 11 is 4.73. The van der Waals surface area contributed by atoms with E-state index in [2.05, 4.69) is 25.3 Å². The van der Waals surface area contributed by atoms with E-state index >= 15 is 0 Å². The maximum absolute atomic E-state index is 5.26. The summed E-state index contributed by atoms with van der Waals surface area (Å²) in [5.41, 5.74) is 0. The van der Waals surface area contributed by atoms with Crippen molar-refractivity contribution in [1.29, 1.82) is 0 Å². The van der Waals surface area contributed by atoms with Gasteiger partial charge in [-0.1, -0.05) is 0 Å². The van der Waals surface area contributed by atoms with Crippen LogP contribution in [0.15, 0.2) is 3.92 Å². The monoisotopic (exact) mass is 248 g/mol. The minimum absolute atomic E-state index is 0.515. The first kappa shape index (κ1) is 8.59. The molecule has 0 saturated carbocycles. The van der Waals surface area contributed by atoms with Crippen molar-refractivity contribution in [3.8, 4) is 0 Å². The molecule has 5 heteroatoms. The number of hydrogen-bond donors (Lipinski definition) is 0. The van der Waals surface area contributed by atoms with Crippen LogP contribution in [0.1, 0.15) is 24.6 Å². The number of hydrogen-bond acceptors (Lipinski definition) is 4. The molecule has 1 aliphatic rings. The summed E-state index contributed by atoms with van der Waals surface area (Å²) in [7, 11) is 0. The largest absolute Gasteiger partial charge is 0.381 e. The summed E-state index contributed by atoms with van der Waals surface area (Å²) in [5.74, 6) is 1.50. The molecule has 0 unspecified atom stereocenters. The Bertz CT molecular complexity index is 260. The van der Waals surface area contributed by atoms with Gasteiger partial charge in [-0.25, -0.2) is 4.98 Å². The molecule has 12 heavy (non-hydrogen) atoms. The fourth-order valence-electron chi connectivity index (χ4n) is 1.34. The fourth-order valence-corrected chi connectivity index (χ4v) is 2.23. The number of ether oxygens (including phenoxy) is 1. The second-order valence-electron chi connectivity index (χ2n) is 2.79. The van der Waals surface area contributed by atoms with Crippen molar-refractivity contribution in [3.05, 3.63) is 9.74 Å². The van der Waals surface area contributed by atoms with E-state index in [1.165, 1.54) is 11.5 Å². The van der Waals surface area contributed by atoms with Gasteiger partial charge in [0.15, 0.2) is 3.92 Å². The van der Waals surface area contributed by atoms with E-state index in [-0.39, 0.29) is 0 Å². The molecule has 0 spiro atoms. The van der Waals surface area contributed by atoms with Gasteiger partial charge in [0, 0.05) is 19.1 Å². The molecule has 1 fully saturated rings. The van der Waals surface area contributed by atoms with Gasteiger partial charge in [-0.15, -0.1) is 0 Å². The summed E-state index contributed by atoms with van der Waals surface area (Å²) in [6, 6.07) is 0. The first-order valence-electron chi connectivity index (χ1n) is 3.93. The summed E-state index contributed by atoms with van der Waals surface area (Å²) in [6.45, 7) is 1.70. The molecule has 0 radical (unpaired) electrons. The van der Waals surface area contributed by atoms with E-state index in [0.717, 1.165) is 35.8 Å². The molecular weight excluding hydrogens is 240 g/mol. The Morgan fingerprint density at radius 3 is 2.75 bits per heavy atom. The van der Waals surface area contributed by atoms with Crippen LogP contribution in [0.3, 0.4) is 0 Å². The van der Waals surface area contributed by atoms with Gasteiger partial charge in [-0.3, -0.25) is 0 Å². The van der Waals surface area contributed by atoms with Crippen molar-refractivity contribution in [3.63, 3.8) is 0 Å². The summed E-state index contributed by atoms with van der Waals surface area (Å²) < 4.78 is 10.4. The number of nitrogens with zero attached hydrogens (tertiary/aromatic N) is 2. The van der Waals surface area contributed by atoms with Crippen molar-refractivity contribution >= 4 is 27.5 Å². The smallest absolute Gasteiger partial charge is 0.179 e. The zero-order valence-corrected chi connectivity index (χ0v) is 8.90. The topological polar surface area (TPSA) is 35.0 Å². The quantitative estimate of drug-likeness (QED) is 0.765. The minimum Gasteiger partial charge on any atom is -0.381 e.